The van der Waals surface area contributed by atoms with Crippen molar-refractivity contribution in [3.63, 3.8) is 0 Å². The van der Waals surface area contributed by atoms with E-state index >= 15 is 0 Å². The fraction of sp³-hybridized carbons (Fsp3) is 0.357. The number of aromatic nitrogens is 1. The first-order chi connectivity index (χ1) is 8.63. The van der Waals surface area contributed by atoms with Gasteiger partial charge in [-0.3, -0.25) is 0 Å². The molecule has 0 amide bonds. The van der Waals surface area contributed by atoms with Crippen LogP contribution < -0.4 is 5.73 Å². The number of pyridine rings is 1. The van der Waals surface area contributed by atoms with Gasteiger partial charge in [0, 0.05) is 11.1 Å². The monoisotopic (exact) mass is 250 g/mol. The molecule has 18 heavy (non-hydrogen) atoms. The minimum absolute atomic E-state index is 0.123. The van der Waals surface area contributed by atoms with Gasteiger partial charge in [0.2, 0.25) is 0 Å². The van der Waals surface area contributed by atoms with Crippen LogP contribution >= 0.6 is 0 Å². The predicted octanol–water partition coefficient (Wildman–Crippen LogP) is 3.10. The molecule has 1 aromatic heterocycles. The van der Waals surface area contributed by atoms with E-state index in [1.54, 1.807) is 6.92 Å². The molecule has 2 N–H and O–H groups in total. The van der Waals surface area contributed by atoms with E-state index in [0.29, 0.717) is 6.54 Å². The van der Waals surface area contributed by atoms with Gasteiger partial charge >= 0.3 is 0 Å². The van der Waals surface area contributed by atoms with Crippen molar-refractivity contribution in [1.29, 1.82) is 0 Å². The van der Waals surface area contributed by atoms with Crippen LogP contribution in [0.2, 0.25) is 0 Å². The fourth-order valence-electron chi connectivity index (χ4n) is 2.10. The number of nitrogens with two attached hydrogens (primary N) is 1. The number of unbranched alkanes of at least 4 members (excludes halogenated alkanes) is 1. The second-order valence-corrected chi connectivity index (χ2v) is 4.43. The molecule has 0 unspecified atom stereocenters. The minimum Gasteiger partial charge on any atom is -0.330 e. The van der Waals surface area contributed by atoms with Gasteiger partial charge in [0.15, 0.2) is 0 Å². The Hall–Kier alpha value is -1.55. The molecule has 2 rings (SSSR count). The summed E-state index contributed by atoms with van der Waals surface area (Å²) < 4.78 is 27.3. The van der Waals surface area contributed by atoms with Crippen molar-refractivity contribution in [2.45, 2.75) is 26.2 Å². The first-order valence-electron chi connectivity index (χ1n) is 6.08. The standard InChI is InChI=1S/C14H16F2N2/c1-9-8-10(4-2-3-7-17)18-14-12(16)6-5-11(15)13(9)14/h5-6,8H,2-4,7,17H2,1H3. The summed E-state index contributed by atoms with van der Waals surface area (Å²) in [6.07, 6.45) is 2.56. The number of halogens is 2. The zero-order chi connectivity index (χ0) is 13.1. The highest BCUT2D eigenvalue weighted by molar-refractivity contribution is 5.83. The summed E-state index contributed by atoms with van der Waals surface area (Å²) in [6, 6.07) is 4.08. The van der Waals surface area contributed by atoms with E-state index in [2.05, 4.69) is 4.98 Å². The molecular weight excluding hydrogens is 234 g/mol. The van der Waals surface area contributed by atoms with Crippen LogP contribution in [-0.4, -0.2) is 11.5 Å². The van der Waals surface area contributed by atoms with E-state index in [1.165, 1.54) is 0 Å². The van der Waals surface area contributed by atoms with Crippen molar-refractivity contribution >= 4 is 10.9 Å². The zero-order valence-electron chi connectivity index (χ0n) is 10.3. The molecule has 0 aliphatic carbocycles. The Morgan fingerprint density at radius 1 is 1.17 bits per heavy atom. The van der Waals surface area contributed by atoms with Gasteiger partial charge in [-0.2, -0.15) is 0 Å². The molecule has 0 fully saturated rings. The van der Waals surface area contributed by atoms with Crippen molar-refractivity contribution < 1.29 is 8.78 Å². The lowest BCUT2D eigenvalue weighted by atomic mass is 10.1. The van der Waals surface area contributed by atoms with Crippen LogP contribution in [0.3, 0.4) is 0 Å². The van der Waals surface area contributed by atoms with Crippen molar-refractivity contribution in [3.8, 4) is 0 Å². The lowest BCUT2D eigenvalue weighted by Crippen LogP contribution is -2.01. The predicted molar refractivity (Wildman–Crippen MR) is 68.4 cm³/mol. The quantitative estimate of drug-likeness (QED) is 0.847. The smallest absolute Gasteiger partial charge is 0.149 e. The molecule has 0 saturated heterocycles. The number of nitrogens with zero attached hydrogens (tertiary/aromatic N) is 1. The van der Waals surface area contributed by atoms with E-state index in [1.807, 2.05) is 6.07 Å². The minimum atomic E-state index is -0.477. The lowest BCUT2D eigenvalue weighted by molar-refractivity contribution is 0.614. The Bertz CT molecular complexity index is 567. The number of fused-ring (bicyclic) bond motifs is 1. The van der Waals surface area contributed by atoms with E-state index in [4.69, 9.17) is 5.73 Å². The van der Waals surface area contributed by atoms with Crippen LogP contribution in [0.4, 0.5) is 8.78 Å². The fourth-order valence-corrected chi connectivity index (χ4v) is 2.10. The third-order valence-electron chi connectivity index (χ3n) is 3.00. The molecule has 1 heterocycles. The van der Waals surface area contributed by atoms with Gasteiger partial charge < -0.3 is 5.73 Å². The Morgan fingerprint density at radius 2 is 1.89 bits per heavy atom. The topological polar surface area (TPSA) is 38.9 Å². The summed E-state index contributed by atoms with van der Waals surface area (Å²) in [4.78, 5) is 4.21. The highest BCUT2D eigenvalue weighted by atomic mass is 19.1. The molecule has 2 nitrogen and oxygen atoms in total. The Labute approximate surface area is 105 Å². The van der Waals surface area contributed by atoms with Gasteiger partial charge in [-0.05, 0) is 56.5 Å². The summed E-state index contributed by atoms with van der Waals surface area (Å²) in [7, 11) is 0. The van der Waals surface area contributed by atoms with Gasteiger partial charge in [0.05, 0.1) is 0 Å². The first kappa shape index (κ1) is 12.9. The number of rotatable bonds is 4. The second-order valence-electron chi connectivity index (χ2n) is 4.43. The molecule has 4 heteroatoms. The van der Waals surface area contributed by atoms with Crippen molar-refractivity contribution in [3.05, 3.63) is 41.1 Å². The summed E-state index contributed by atoms with van der Waals surface area (Å²) in [5.41, 5.74) is 7.06. The van der Waals surface area contributed by atoms with E-state index in [-0.39, 0.29) is 10.9 Å². The number of hydrogen-bond donors (Lipinski definition) is 1. The van der Waals surface area contributed by atoms with Gasteiger partial charge in [-0.1, -0.05) is 0 Å². The molecule has 0 aliphatic heterocycles. The summed E-state index contributed by atoms with van der Waals surface area (Å²) in [5.74, 6) is -0.903. The maximum atomic E-state index is 13.7. The molecule has 0 radical (unpaired) electrons. The van der Waals surface area contributed by atoms with Crippen molar-refractivity contribution in [2.75, 3.05) is 6.54 Å². The largest absolute Gasteiger partial charge is 0.330 e. The maximum absolute atomic E-state index is 13.7. The molecule has 0 saturated carbocycles. The summed E-state index contributed by atoms with van der Waals surface area (Å²) in [6.45, 7) is 2.41. The van der Waals surface area contributed by atoms with Crippen LogP contribution in [0.25, 0.3) is 10.9 Å². The van der Waals surface area contributed by atoms with E-state index in [9.17, 15) is 8.78 Å². The van der Waals surface area contributed by atoms with Crippen molar-refractivity contribution in [2.24, 2.45) is 5.73 Å². The van der Waals surface area contributed by atoms with Gasteiger partial charge in [-0.25, -0.2) is 13.8 Å². The summed E-state index contributed by atoms with van der Waals surface area (Å²) >= 11 is 0. The number of hydrogen-bond acceptors (Lipinski definition) is 2. The zero-order valence-corrected chi connectivity index (χ0v) is 10.3. The van der Waals surface area contributed by atoms with Crippen LogP contribution in [0.15, 0.2) is 18.2 Å². The third-order valence-corrected chi connectivity index (χ3v) is 3.00. The molecule has 0 spiro atoms. The Morgan fingerprint density at radius 3 is 2.61 bits per heavy atom. The normalized spacial score (nSPS) is 11.1. The van der Waals surface area contributed by atoms with Crippen LogP contribution in [0.5, 0.6) is 0 Å². The van der Waals surface area contributed by atoms with Crippen molar-refractivity contribution in [1.82, 2.24) is 4.98 Å². The number of benzene rings is 1. The Kier molecular flexibility index (Phi) is 3.87. The van der Waals surface area contributed by atoms with Gasteiger partial charge in [0.1, 0.15) is 17.2 Å². The molecule has 0 bridgehead atoms. The highest BCUT2D eigenvalue weighted by Crippen LogP contribution is 2.24. The second kappa shape index (κ2) is 5.40. The van der Waals surface area contributed by atoms with E-state index < -0.39 is 11.6 Å². The van der Waals surface area contributed by atoms with Gasteiger partial charge in [-0.15, -0.1) is 0 Å². The average Bonchev–Trinajstić information content (AvgIpc) is 2.34. The molecule has 0 atom stereocenters. The van der Waals surface area contributed by atoms with E-state index in [0.717, 1.165) is 42.7 Å². The molecule has 1 aromatic carbocycles. The lowest BCUT2D eigenvalue weighted by Gasteiger charge is -2.08. The maximum Gasteiger partial charge on any atom is 0.149 e. The first-order valence-corrected chi connectivity index (χ1v) is 6.08. The molecule has 2 aromatic rings. The summed E-state index contributed by atoms with van der Waals surface area (Å²) in [5, 5.41) is 0.276. The van der Waals surface area contributed by atoms with Gasteiger partial charge in [0.25, 0.3) is 0 Å². The number of aryl methyl sites for hydroxylation is 2. The third kappa shape index (κ3) is 2.48. The Balaban J connectivity index is 2.45. The van der Waals surface area contributed by atoms with Crippen LogP contribution in [0, 0.1) is 18.6 Å². The van der Waals surface area contributed by atoms with Crippen LogP contribution in [-0.2, 0) is 6.42 Å². The molecule has 96 valence electrons. The average molecular weight is 250 g/mol. The highest BCUT2D eigenvalue weighted by Gasteiger charge is 2.11. The van der Waals surface area contributed by atoms with Crippen LogP contribution in [0.1, 0.15) is 24.1 Å². The molecule has 0 aliphatic rings. The SMILES string of the molecule is Cc1cc(CCCCN)nc2c(F)ccc(F)c12. The molecular formula is C14H16F2N2.